The minimum absolute atomic E-state index is 0.0599. The molecule has 1 aliphatic rings. The van der Waals surface area contributed by atoms with E-state index in [2.05, 4.69) is 9.97 Å². The number of hydrogen-bond donors (Lipinski definition) is 1. The van der Waals surface area contributed by atoms with Crippen molar-refractivity contribution in [3.8, 4) is 11.1 Å². The van der Waals surface area contributed by atoms with Gasteiger partial charge in [0.15, 0.2) is 0 Å². The molecule has 4 aromatic heterocycles. The van der Waals surface area contributed by atoms with Gasteiger partial charge in [-0.25, -0.2) is 12.4 Å². The third-order valence-electron chi connectivity index (χ3n) is 8.63. The average molecular weight is 627 g/mol. The number of H-pyrrole nitrogens is 1. The molecule has 1 aliphatic carbocycles. The highest BCUT2D eigenvalue weighted by Gasteiger charge is 2.50. The minimum atomic E-state index is -4.25. The van der Waals surface area contributed by atoms with Crippen LogP contribution in [0.1, 0.15) is 42.3 Å². The van der Waals surface area contributed by atoms with Crippen molar-refractivity contribution in [2.75, 3.05) is 0 Å². The van der Waals surface area contributed by atoms with E-state index in [9.17, 15) is 18.0 Å². The number of nitrogens with zero attached hydrogens (tertiary/aromatic N) is 3. The van der Waals surface area contributed by atoms with Gasteiger partial charge in [0.2, 0.25) is 10.0 Å². The molecule has 0 saturated heterocycles. The van der Waals surface area contributed by atoms with Crippen molar-refractivity contribution >= 4 is 38.1 Å². The summed E-state index contributed by atoms with van der Waals surface area (Å²) < 4.78 is 30.7. The lowest BCUT2D eigenvalue weighted by Crippen LogP contribution is -2.46. The highest BCUT2D eigenvalue weighted by molar-refractivity contribution is 7.91. The summed E-state index contributed by atoms with van der Waals surface area (Å²) in [5, 5.41) is 1.05. The standard InChI is InChI=1S/C34H31ClN4O4S/c1-20-14-24(27-18-31(40)38(5)19-28(27)26-8-6-7-9-30(26)35)17-29(25-15-21(2)37-22(3)16-25)34(20,4)44(42,43)39-13-11-23-10-12-36-33(41)32(23)39/h6-19,29H,1-5H3,(H,36,41). The number of aryl methyl sites for hydroxylation is 3. The van der Waals surface area contributed by atoms with Crippen molar-refractivity contribution in [3.05, 3.63) is 139 Å². The van der Waals surface area contributed by atoms with Crippen LogP contribution in [0.4, 0.5) is 0 Å². The summed E-state index contributed by atoms with van der Waals surface area (Å²) in [6, 6.07) is 16.0. The largest absolute Gasteiger partial charge is 0.327 e. The predicted molar refractivity (Wildman–Crippen MR) is 176 cm³/mol. The van der Waals surface area contributed by atoms with Gasteiger partial charge in [-0.1, -0.05) is 42.0 Å². The monoisotopic (exact) mass is 626 g/mol. The van der Waals surface area contributed by atoms with E-state index < -0.39 is 26.2 Å². The van der Waals surface area contributed by atoms with Gasteiger partial charge in [0.25, 0.3) is 11.1 Å². The molecular formula is C34H31ClN4O4S. The molecule has 4 heterocycles. The summed E-state index contributed by atoms with van der Waals surface area (Å²) in [7, 11) is -2.57. The number of allylic oxidation sites excluding steroid dienone is 3. The fraction of sp³-hybridized carbons (Fsp3) is 0.206. The fourth-order valence-electron chi connectivity index (χ4n) is 6.24. The van der Waals surface area contributed by atoms with Gasteiger partial charge in [0.05, 0.1) is 0 Å². The van der Waals surface area contributed by atoms with Crippen LogP contribution in [0.15, 0.2) is 101 Å². The van der Waals surface area contributed by atoms with E-state index in [1.54, 1.807) is 51.4 Å². The second kappa shape index (κ2) is 10.6. The quantitative estimate of drug-likeness (QED) is 0.253. The van der Waals surface area contributed by atoms with Crippen LogP contribution in [0.5, 0.6) is 0 Å². The molecule has 10 heteroatoms. The summed E-state index contributed by atoms with van der Waals surface area (Å²) >= 11 is 6.63. The zero-order chi connectivity index (χ0) is 31.6. The molecule has 2 unspecified atom stereocenters. The van der Waals surface area contributed by atoms with Crippen molar-refractivity contribution in [1.29, 1.82) is 0 Å². The lowest BCUT2D eigenvalue weighted by molar-refractivity contribution is 0.525. The number of benzene rings is 1. The van der Waals surface area contributed by atoms with Crippen molar-refractivity contribution in [2.24, 2.45) is 7.05 Å². The Morgan fingerprint density at radius 3 is 2.36 bits per heavy atom. The van der Waals surface area contributed by atoms with Crippen LogP contribution >= 0.6 is 11.6 Å². The van der Waals surface area contributed by atoms with Crippen LogP contribution in [-0.4, -0.2) is 31.7 Å². The van der Waals surface area contributed by atoms with Crippen LogP contribution in [0.25, 0.3) is 27.6 Å². The van der Waals surface area contributed by atoms with Gasteiger partial charge < -0.3 is 9.55 Å². The van der Waals surface area contributed by atoms with Crippen LogP contribution in [0.3, 0.4) is 0 Å². The lowest BCUT2D eigenvalue weighted by atomic mass is 9.75. The number of aromatic nitrogens is 4. The van der Waals surface area contributed by atoms with Crippen LogP contribution in [-0.2, 0) is 17.1 Å². The summed E-state index contributed by atoms with van der Waals surface area (Å²) in [6.45, 7) is 7.21. The SMILES string of the molecule is CC1=CC(c2cc(=O)n(C)cc2-c2ccccc2Cl)=CC(c2cc(C)nc(C)c2)C1(C)S(=O)(=O)n1ccc2cc[nH]c(=O)c21. The Kier molecular flexibility index (Phi) is 7.13. The van der Waals surface area contributed by atoms with E-state index in [4.69, 9.17) is 11.6 Å². The van der Waals surface area contributed by atoms with E-state index in [1.165, 1.54) is 17.0 Å². The maximum atomic E-state index is 14.8. The Bertz CT molecular complexity index is 2260. The summed E-state index contributed by atoms with van der Waals surface area (Å²) in [6.07, 6.45) is 8.41. The first kappa shape index (κ1) is 29.6. The number of fused-ring (bicyclic) bond motifs is 1. The first-order valence-electron chi connectivity index (χ1n) is 14.1. The Balaban J connectivity index is 1.65. The molecule has 1 N–H and O–H groups in total. The van der Waals surface area contributed by atoms with E-state index >= 15 is 0 Å². The molecule has 2 atom stereocenters. The smallest absolute Gasteiger partial charge is 0.273 e. The van der Waals surface area contributed by atoms with Crippen molar-refractivity contribution in [2.45, 2.75) is 38.4 Å². The zero-order valence-electron chi connectivity index (χ0n) is 24.9. The van der Waals surface area contributed by atoms with Crippen molar-refractivity contribution < 1.29 is 8.42 Å². The molecule has 0 amide bonds. The van der Waals surface area contributed by atoms with Gasteiger partial charge >= 0.3 is 0 Å². The molecule has 1 aromatic carbocycles. The molecule has 5 aromatic rings. The van der Waals surface area contributed by atoms with Gasteiger partial charge in [-0.2, -0.15) is 0 Å². The Morgan fingerprint density at radius 2 is 1.66 bits per heavy atom. The lowest BCUT2D eigenvalue weighted by Gasteiger charge is -2.40. The van der Waals surface area contributed by atoms with E-state index in [1.807, 2.05) is 56.3 Å². The topological polar surface area (TPSA) is 107 Å². The van der Waals surface area contributed by atoms with Gasteiger partial charge in [-0.05, 0) is 80.3 Å². The maximum absolute atomic E-state index is 14.8. The van der Waals surface area contributed by atoms with Gasteiger partial charge in [0.1, 0.15) is 10.3 Å². The molecule has 0 radical (unpaired) electrons. The number of rotatable bonds is 5. The molecule has 0 bridgehead atoms. The molecule has 0 saturated carbocycles. The Labute approximate surface area is 260 Å². The van der Waals surface area contributed by atoms with Gasteiger partial charge in [-0.15, -0.1) is 0 Å². The van der Waals surface area contributed by atoms with Crippen molar-refractivity contribution in [1.82, 2.24) is 18.5 Å². The maximum Gasteiger partial charge on any atom is 0.273 e. The molecule has 0 aliphatic heterocycles. The second-order valence-electron chi connectivity index (χ2n) is 11.5. The third kappa shape index (κ3) is 4.58. The fourth-order valence-corrected chi connectivity index (χ4v) is 8.52. The van der Waals surface area contributed by atoms with Gasteiger partial charge in [0, 0.05) is 70.5 Å². The number of aromatic amines is 1. The number of halogens is 1. The Morgan fingerprint density at radius 1 is 0.955 bits per heavy atom. The minimum Gasteiger partial charge on any atom is -0.327 e. The first-order chi connectivity index (χ1) is 20.8. The molecular weight excluding hydrogens is 596 g/mol. The van der Waals surface area contributed by atoms with Crippen LogP contribution in [0.2, 0.25) is 5.02 Å². The molecule has 0 spiro atoms. The molecule has 0 fully saturated rings. The average Bonchev–Trinajstić information content (AvgIpc) is 3.42. The van der Waals surface area contributed by atoms with Crippen LogP contribution in [0, 0.1) is 13.8 Å². The summed E-state index contributed by atoms with van der Waals surface area (Å²) in [5.41, 5.74) is 4.95. The molecule has 6 rings (SSSR count). The second-order valence-corrected chi connectivity index (χ2v) is 14.1. The normalized spacial score (nSPS) is 18.7. The molecule has 44 heavy (non-hydrogen) atoms. The highest BCUT2D eigenvalue weighted by Crippen LogP contribution is 2.49. The number of pyridine rings is 3. The summed E-state index contributed by atoms with van der Waals surface area (Å²) in [4.78, 5) is 33.0. The zero-order valence-corrected chi connectivity index (χ0v) is 26.5. The van der Waals surface area contributed by atoms with E-state index in [0.29, 0.717) is 27.1 Å². The number of nitrogens with one attached hydrogen (secondary N) is 1. The van der Waals surface area contributed by atoms with E-state index in [-0.39, 0.29) is 11.1 Å². The predicted octanol–water partition coefficient (Wildman–Crippen LogP) is 6.12. The molecule has 224 valence electrons. The first-order valence-corrected chi connectivity index (χ1v) is 15.9. The third-order valence-corrected chi connectivity index (χ3v) is 11.4. The summed E-state index contributed by atoms with van der Waals surface area (Å²) in [5.74, 6) is -0.712. The van der Waals surface area contributed by atoms with E-state index in [0.717, 1.165) is 32.1 Å². The van der Waals surface area contributed by atoms with Crippen LogP contribution < -0.4 is 11.1 Å². The molecule has 8 nitrogen and oxygen atoms in total. The van der Waals surface area contributed by atoms with Gasteiger partial charge in [-0.3, -0.25) is 14.6 Å². The Hall–Kier alpha value is -4.47. The highest BCUT2D eigenvalue weighted by atomic mass is 35.5. The number of hydrogen-bond acceptors (Lipinski definition) is 5. The van der Waals surface area contributed by atoms with Crippen molar-refractivity contribution in [3.63, 3.8) is 0 Å².